The Hall–Kier alpha value is -3.44. The fourth-order valence-electron chi connectivity index (χ4n) is 5.18. The number of hydrogen-bond acceptors (Lipinski definition) is 9. The van der Waals surface area contributed by atoms with Gasteiger partial charge in [0.15, 0.2) is 0 Å². The van der Waals surface area contributed by atoms with Gasteiger partial charge in [0.25, 0.3) is 17.1 Å². The number of nitrogens with one attached hydrogen (secondary N) is 1. The smallest absolute Gasteiger partial charge is 0.290 e. The molecule has 0 aliphatic carbocycles. The van der Waals surface area contributed by atoms with Crippen LogP contribution < -0.4 is 15.1 Å². The number of likely N-dealkylation sites (tertiary alicyclic amines) is 1. The van der Waals surface area contributed by atoms with Crippen LogP contribution in [0.2, 0.25) is 0 Å². The molecule has 36 heavy (non-hydrogen) atoms. The van der Waals surface area contributed by atoms with E-state index < -0.39 is 5.91 Å². The lowest BCUT2D eigenvalue weighted by Crippen LogP contribution is -2.73. The summed E-state index contributed by atoms with van der Waals surface area (Å²) in [5.74, 6) is 1.12. The lowest BCUT2D eigenvalue weighted by Gasteiger charge is -2.60. The highest BCUT2D eigenvalue weighted by Crippen LogP contribution is 2.42. The van der Waals surface area contributed by atoms with Crippen LogP contribution in [-0.4, -0.2) is 96.2 Å². The topological polar surface area (TPSA) is 102 Å². The molecule has 0 bridgehead atoms. The Labute approximate surface area is 213 Å². The predicted molar refractivity (Wildman–Crippen MR) is 138 cm³/mol. The van der Waals surface area contributed by atoms with Crippen molar-refractivity contribution < 1.29 is 14.4 Å². The van der Waals surface area contributed by atoms with Crippen LogP contribution >= 0.6 is 11.8 Å². The van der Waals surface area contributed by atoms with E-state index in [1.54, 1.807) is 6.08 Å². The molecule has 3 amide bonds. The molecule has 4 saturated heterocycles. The molecule has 0 unspecified atom stereocenters. The second kappa shape index (κ2) is 8.90. The molecule has 0 radical (unpaired) electrons. The van der Waals surface area contributed by atoms with Gasteiger partial charge in [-0.3, -0.25) is 19.7 Å². The summed E-state index contributed by atoms with van der Waals surface area (Å²) < 4.78 is 0. The zero-order valence-electron chi connectivity index (χ0n) is 20.0. The lowest BCUT2D eigenvalue weighted by atomic mass is 9.72. The molecule has 10 nitrogen and oxygen atoms in total. The molecular weight excluding hydrogens is 478 g/mol. The molecular formula is C25H27N7O3S. The van der Waals surface area contributed by atoms with Crippen molar-refractivity contribution in [2.24, 2.45) is 5.41 Å². The standard InChI is InChI=1S/C25H27N7O3S/c1-29-7-9-30(10-8-29)20-12-18(11-19-21(33)28-24(35)36-19)26-23(27-20)32-15-25(16-32)13-31(14-25)22(34)17-5-3-2-4-6-17/h2-6,11-12H,7-10,13-16H2,1H3,(H,28,33,35)/b19-11+. The summed E-state index contributed by atoms with van der Waals surface area (Å²) in [7, 11) is 2.11. The van der Waals surface area contributed by atoms with E-state index in [2.05, 4.69) is 27.1 Å². The first-order chi connectivity index (χ1) is 17.4. The first kappa shape index (κ1) is 23.0. The zero-order chi connectivity index (χ0) is 24.9. The predicted octanol–water partition coefficient (Wildman–Crippen LogP) is 1.51. The number of thioether (sulfide) groups is 1. The maximum Gasteiger partial charge on any atom is 0.290 e. The highest BCUT2D eigenvalue weighted by molar-refractivity contribution is 8.18. The maximum atomic E-state index is 12.7. The van der Waals surface area contributed by atoms with Crippen LogP contribution in [0.15, 0.2) is 41.3 Å². The molecule has 186 valence electrons. The molecule has 4 fully saturated rings. The molecule has 1 aromatic carbocycles. The summed E-state index contributed by atoms with van der Waals surface area (Å²) in [6.45, 7) is 6.62. The van der Waals surface area contributed by atoms with Crippen molar-refractivity contribution in [3.05, 3.63) is 52.6 Å². The fourth-order valence-corrected chi connectivity index (χ4v) is 5.85. The number of aromatic nitrogens is 2. The summed E-state index contributed by atoms with van der Waals surface area (Å²) in [5.41, 5.74) is 1.40. The minimum absolute atomic E-state index is 0.0730. The Morgan fingerprint density at radius 3 is 2.39 bits per heavy atom. The van der Waals surface area contributed by atoms with Crippen molar-refractivity contribution in [3.63, 3.8) is 0 Å². The van der Waals surface area contributed by atoms with E-state index in [4.69, 9.17) is 9.97 Å². The van der Waals surface area contributed by atoms with Gasteiger partial charge in [0.2, 0.25) is 5.95 Å². The molecule has 11 heteroatoms. The van der Waals surface area contributed by atoms with Crippen molar-refractivity contribution in [1.29, 1.82) is 0 Å². The van der Waals surface area contributed by atoms with Gasteiger partial charge in [0, 0.05) is 69.4 Å². The number of rotatable bonds is 4. The van der Waals surface area contributed by atoms with Crippen LogP contribution in [0.4, 0.5) is 16.6 Å². The second-order valence-electron chi connectivity index (χ2n) is 9.98. The molecule has 4 aliphatic heterocycles. The highest BCUT2D eigenvalue weighted by Gasteiger charge is 2.54. The number of likely N-dealkylation sites (N-methyl/N-ethyl adjacent to an activating group) is 1. The Morgan fingerprint density at radius 2 is 1.72 bits per heavy atom. The van der Waals surface area contributed by atoms with Crippen LogP contribution in [0.5, 0.6) is 0 Å². The number of carbonyl (C=O) groups excluding carboxylic acids is 3. The summed E-state index contributed by atoms with van der Waals surface area (Å²) in [6, 6.07) is 11.3. The van der Waals surface area contributed by atoms with Crippen LogP contribution in [0.1, 0.15) is 16.1 Å². The first-order valence-electron chi connectivity index (χ1n) is 12.0. The molecule has 4 aliphatic rings. The number of hydrogen-bond donors (Lipinski definition) is 1. The summed E-state index contributed by atoms with van der Waals surface area (Å²) in [5, 5.41) is 1.92. The number of piperazine rings is 1. The minimum atomic E-state index is -0.396. The summed E-state index contributed by atoms with van der Waals surface area (Å²) in [6.07, 6.45) is 1.66. The summed E-state index contributed by atoms with van der Waals surface area (Å²) >= 11 is 0.888. The van der Waals surface area contributed by atoms with E-state index in [-0.39, 0.29) is 16.6 Å². The van der Waals surface area contributed by atoms with E-state index in [1.165, 1.54) is 0 Å². The quantitative estimate of drug-likeness (QED) is 0.620. The largest absolute Gasteiger partial charge is 0.354 e. The molecule has 1 N–H and O–H groups in total. The number of imide groups is 1. The average molecular weight is 506 g/mol. The van der Waals surface area contributed by atoms with E-state index in [1.807, 2.05) is 41.3 Å². The first-order valence-corrected chi connectivity index (χ1v) is 12.9. The number of amides is 3. The van der Waals surface area contributed by atoms with E-state index in [0.29, 0.717) is 16.5 Å². The molecule has 5 heterocycles. The Kier molecular flexibility index (Phi) is 5.68. The van der Waals surface area contributed by atoms with Gasteiger partial charge >= 0.3 is 0 Å². The third kappa shape index (κ3) is 4.33. The van der Waals surface area contributed by atoms with Gasteiger partial charge in [-0.2, -0.15) is 4.98 Å². The Morgan fingerprint density at radius 1 is 1.00 bits per heavy atom. The fraction of sp³-hybridized carbons (Fsp3) is 0.400. The summed E-state index contributed by atoms with van der Waals surface area (Å²) in [4.78, 5) is 54.9. The van der Waals surface area contributed by atoms with E-state index in [0.717, 1.165) is 75.5 Å². The minimum Gasteiger partial charge on any atom is -0.354 e. The van der Waals surface area contributed by atoms with Gasteiger partial charge in [-0.15, -0.1) is 0 Å². The Balaban J connectivity index is 1.19. The van der Waals surface area contributed by atoms with Crippen LogP contribution in [0.25, 0.3) is 6.08 Å². The second-order valence-corrected chi connectivity index (χ2v) is 11.0. The van der Waals surface area contributed by atoms with Gasteiger partial charge in [-0.05, 0) is 37.0 Å². The van der Waals surface area contributed by atoms with Crippen molar-refractivity contribution in [2.75, 3.05) is 69.2 Å². The van der Waals surface area contributed by atoms with Gasteiger partial charge in [-0.25, -0.2) is 4.98 Å². The SMILES string of the molecule is CN1CCN(c2cc(/C=C3/SC(=O)NC3=O)nc(N3CC4(CN(C(=O)c5ccccc5)C4)C3)n2)CC1. The van der Waals surface area contributed by atoms with Crippen molar-refractivity contribution >= 4 is 46.7 Å². The van der Waals surface area contributed by atoms with Gasteiger partial charge in [0.05, 0.1) is 10.6 Å². The number of benzene rings is 1. The van der Waals surface area contributed by atoms with E-state index in [9.17, 15) is 14.4 Å². The zero-order valence-corrected chi connectivity index (χ0v) is 20.8. The van der Waals surface area contributed by atoms with Gasteiger partial charge in [-0.1, -0.05) is 18.2 Å². The molecule has 6 rings (SSSR count). The molecule has 1 aromatic heterocycles. The van der Waals surface area contributed by atoms with Gasteiger partial charge < -0.3 is 19.6 Å². The van der Waals surface area contributed by atoms with Crippen LogP contribution in [-0.2, 0) is 4.79 Å². The number of anilines is 2. The number of carbonyl (C=O) groups is 3. The monoisotopic (exact) mass is 505 g/mol. The molecule has 0 saturated carbocycles. The van der Waals surface area contributed by atoms with Crippen molar-refractivity contribution in [1.82, 2.24) is 25.1 Å². The molecule has 1 spiro atoms. The lowest BCUT2D eigenvalue weighted by molar-refractivity contribution is -0.115. The molecule has 2 aromatic rings. The normalized spacial score (nSPS) is 22.6. The van der Waals surface area contributed by atoms with Crippen molar-refractivity contribution in [2.45, 2.75) is 0 Å². The van der Waals surface area contributed by atoms with E-state index >= 15 is 0 Å². The van der Waals surface area contributed by atoms with Crippen LogP contribution in [0.3, 0.4) is 0 Å². The molecule has 0 atom stereocenters. The third-order valence-electron chi connectivity index (χ3n) is 7.16. The van der Waals surface area contributed by atoms with Gasteiger partial charge in [0.1, 0.15) is 5.82 Å². The number of nitrogens with zero attached hydrogens (tertiary/aromatic N) is 6. The van der Waals surface area contributed by atoms with Crippen LogP contribution in [0, 0.1) is 5.41 Å². The maximum absolute atomic E-state index is 12.7. The highest BCUT2D eigenvalue weighted by atomic mass is 32.2. The third-order valence-corrected chi connectivity index (χ3v) is 7.98. The van der Waals surface area contributed by atoms with Crippen molar-refractivity contribution in [3.8, 4) is 0 Å². The average Bonchev–Trinajstić information content (AvgIpc) is 3.14. The Bertz CT molecular complexity index is 1250.